The number of hydrogen-bond donors (Lipinski definition) is 0. The van der Waals surface area contributed by atoms with E-state index < -0.39 is 0 Å². The number of benzene rings is 3. The van der Waals surface area contributed by atoms with Gasteiger partial charge in [0.1, 0.15) is 11.6 Å². The van der Waals surface area contributed by atoms with Gasteiger partial charge in [-0.2, -0.15) is 9.78 Å². The monoisotopic (exact) mass is 449 g/mol. The van der Waals surface area contributed by atoms with E-state index in [2.05, 4.69) is 32.9 Å². The molecule has 29 heavy (non-hydrogen) atoms. The first-order valence-electron chi connectivity index (χ1n) is 9.43. The van der Waals surface area contributed by atoms with E-state index in [0.29, 0.717) is 28.9 Å². The van der Waals surface area contributed by atoms with E-state index in [4.69, 9.17) is 4.74 Å². The van der Waals surface area contributed by atoms with Gasteiger partial charge in [-0.25, -0.2) is 4.98 Å². The van der Waals surface area contributed by atoms with Gasteiger partial charge in [0.25, 0.3) is 5.56 Å². The fraction of sp³-hybridized carbons (Fsp3) is 0.174. The third kappa shape index (κ3) is 3.68. The first-order chi connectivity index (χ1) is 14.1. The molecule has 0 aliphatic carbocycles. The zero-order valence-electron chi connectivity index (χ0n) is 16.2. The number of ether oxygens (including phenoxy) is 1. The summed E-state index contributed by atoms with van der Waals surface area (Å²) in [6.45, 7) is 2.06. The second-order valence-electron chi connectivity index (χ2n) is 6.70. The van der Waals surface area contributed by atoms with E-state index in [1.807, 2.05) is 48.5 Å². The van der Waals surface area contributed by atoms with Crippen molar-refractivity contribution in [1.82, 2.24) is 9.66 Å². The first-order valence-corrected chi connectivity index (χ1v) is 10.2. The number of hydrogen-bond acceptors (Lipinski definition) is 4. The average Bonchev–Trinajstić information content (AvgIpc) is 2.74. The van der Waals surface area contributed by atoms with Crippen LogP contribution in [0.3, 0.4) is 0 Å². The summed E-state index contributed by atoms with van der Waals surface area (Å²) in [5, 5.41) is 7.17. The van der Waals surface area contributed by atoms with E-state index in [9.17, 15) is 4.79 Å². The maximum atomic E-state index is 13.2. The molecular weight excluding hydrogens is 430 g/mol. The van der Waals surface area contributed by atoms with Crippen LogP contribution in [-0.4, -0.2) is 23.0 Å². The molecule has 0 spiro atoms. The number of rotatable bonds is 5. The lowest BCUT2D eigenvalue weighted by Crippen LogP contribution is -2.22. The quantitative estimate of drug-likeness (QED) is 0.395. The van der Waals surface area contributed by atoms with Crippen LogP contribution in [-0.2, 0) is 6.42 Å². The highest BCUT2D eigenvalue weighted by Crippen LogP contribution is 2.26. The molecule has 0 atom stereocenters. The molecule has 0 saturated heterocycles. The van der Waals surface area contributed by atoms with Crippen LogP contribution >= 0.6 is 15.9 Å². The molecular formula is C23H20BrN3O2. The zero-order valence-corrected chi connectivity index (χ0v) is 17.8. The smallest absolute Gasteiger partial charge is 0.282 e. The predicted octanol–water partition coefficient (Wildman–Crippen LogP) is 5.16. The molecule has 5 nitrogen and oxygen atoms in total. The molecule has 146 valence electrons. The Labute approximate surface area is 176 Å². The van der Waals surface area contributed by atoms with Gasteiger partial charge in [0.15, 0.2) is 0 Å². The highest BCUT2D eigenvalue weighted by atomic mass is 79.9. The lowest BCUT2D eigenvalue weighted by atomic mass is 10.0. The third-order valence-electron chi connectivity index (χ3n) is 4.80. The summed E-state index contributed by atoms with van der Waals surface area (Å²) in [6.07, 6.45) is 3.21. The van der Waals surface area contributed by atoms with E-state index in [1.54, 1.807) is 19.4 Å². The summed E-state index contributed by atoms with van der Waals surface area (Å²) in [5.74, 6) is 1.34. The Hall–Kier alpha value is -2.99. The molecule has 4 aromatic rings. The summed E-state index contributed by atoms with van der Waals surface area (Å²) in [5.41, 5.74) is 1.32. The summed E-state index contributed by atoms with van der Waals surface area (Å²) in [6, 6.07) is 17.5. The van der Waals surface area contributed by atoms with Crippen molar-refractivity contribution >= 4 is 43.8 Å². The summed E-state index contributed by atoms with van der Waals surface area (Å²) in [7, 11) is 1.63. The van der Waals surface area contributed by atoms with Crippen LogP contribution in [0.4, 0.5) is 0 Å². The standard InChI is InChI=1S/C23H20BrN3O2/c1-3-6-22-26-20-11-10-16(24)13-18(20)23(28)27(22)25-14-19-17-8-5-4-7-15(17)9-12-21(19)29-2/h4-5,7-14H,3,6H2,1-2H3. The number of aromatic nitrogens is 2. The SMILES string of the molecule is CCCc1nc2ccc(Br)cc2c(=O)n1N=Cc1c(OC)ccc2ccccc12. The fourth-order valence-electron chi connectivity index (χ4n) is 3.40. The topological polar surface area (TPSA) is 56.5 Å². The van der Waals surface area contributed by atoms with Gasteiger partial charge in [0.05, 0.1) is 24.2 Å². The lowest BCUT2D eigenvalue weighted by Gasteiger charge is -2.11. The maximum absolute atomic E-state index is 13.2. The maximum Gasteiger partial charge on any atom is 0.282 e. The normalized spacial score (nSPS) is 11.6. The van der Waals surface area contributed by atoms with Gasteiger partial charge in [0.2, 0.25) is 0 Å². The fourth-order valence-corrected chi connectivity index (χ4v) is 3.76. The van der Waals surface area contributed by atoms with Crippen LogP contribution in [0, 0.1) is 0 Å². The number of nitrogens with zero attached hydrogens (tertiary/aromatic N) is 3. The number of halogens is 1. The van der Waals surface area contributed by atoms with E-state index >= 15 is 0 Å². The Morgan fingerprint density at radius 1 is 1.14 bits per heavy atom. The van der Waals surface area contributed by atoms with Crippen LogP contribution in [0.15, 0.2) is 69.0 Å². The van der Waals surface area contributed by atoms with Gasteiger partial charge in [-0.05, 0) is 41.5 Å². The van der Waals surface area contributed by atoms with Gasteiger partial charge in [-0.15, -0.1) is 0 Å². The Balaban J connectivity index is 1.93. The first kappa shape index (κ1) is 19.3. The van der Waals surface area contributed by atoms with Crippen molar-refractivity contribution in [3.05, 3.63) is 80.8 Å². The van der Waals surface area contributed by atoms with Crippen LogP contribution < -0.4 is 10.3 Å². The predicted molar refractivity (Wildman–Crippen MR) is 121 cm³/mol. The minimum Gasteiger partial charge on any atom is -0.496 e. The molecule has 0 unspecified atom stereocenters. The molecule has 3 aromatic carbocycles. The molecule has 1 aromatic heterocycles. The number of aryl methyl sites for hydroxylation is 1. The van der Waals surface area contributed by atoms with Crippen molar-refractivity contribution in [2.75, 3.05) is 7.11 Å². The van der Waals surface area contributed by atoms with E-state index in [0.717, 1.165) is 27.2 Å². The highest BCUT2D eigenvalue weighted by molar-refractivity contribution is 9.10. The van der Waals surface area contributed by atoms with Crippen LogP contribution in [0.2, 0.25) is 0 Å². The molecule has 0 bridgehead atoms. The van der Waals surface area contributed by atoms with E-state index in [-0.39, 0.29) is 5.56 Å². The average molecular weight is 450 g/mol. The molecule has 0 amide bonds. The molecule has 0 aliphatic heterocycles. The molecule has 0 fully saturated rings. The van der Waals surface area contributed by atoms with Crippen molar-refractivity contribution in [1.29, 1.82) is 0 Å². The molecule has 6 heteroatoms. The molecule has 0 saturated carbocycles. The summed E-state index contributed by atoms with van der Waals surface area (Å²) in [4.78, 5) is 17.9. The summed E-state index contributed by atoms with van der Waals surface area (Å²) < 4.78 is 7.77. The van der Waals surface area contributed by atoms with Crippen LogP contribution in [0.25, 0.3) is 21.7 Å². The highest BCUT2D eigenvalue weighted by Gasteiger charge is 2.12. The van der Waals surface area contributed by atoms with Gasteiger partial charge >= 0.3 is 0 Å². The second-order valence-corrected chi connectivity index (χ2v) is 7.62. The number of fused-ring (bicyclic) bond motifs is 2. The lowest BCUT2D eigenvalue weighted by molar-refractivity contribution is 0.415. The van der Waals surface area contributed by atoms with E-state index in [1.165, 1.54) is 4.68 Å². The van der Waals surface area contributed by atoms with Crippen molar-refractivity contribution in [2.24, 2.45) is 5.10 Å². The van der Waals surface area contributed by atoms with Gasteiger partial charge < -0.3 is 4.74 Å². The Morgan fingerprint density at radius 2 is 1.97 bits per heavy atom. The van der Waals surface area contributed by atoms with Crippen molar-refractivity contribution in [3.63, 3.8) is 0 Å². The number of methoxy groups -OCH3 is 1. The van der Waals surface area contributed by atoms with Gasteiger partial charge in [0, 0.05) is 16.5 Å². The largest absolute Gasteiger partial charge is 0.496 e. The molecule has 4 rings (SSSR count). The van der Waals surface area contributed by atoms with Crippen LogP contribution in [0.1, 0.15) is 24.7 Å². The van der Waals surface area contributed by atoms with Crippen LogP contribution in [0.5, 0.6) is 5.75 Å². The molecule has 0 radical (unpaired) electrons. The van der Waals surface area contributed by atoms with Gasteiger partial charge in [-0.3, -0.25) is 4.79 Å². The Kier molecular flexibility index (Phi) is 5.45. The second kappa shape index (κ2) is 8.17. The van der Waals surface area contributed by atoms with Gasteiger partial charge in [-0.1, -0.05) is 53.2 Å². The Morgan fingerprint density at radius 3 is 2.76 bits per heavy atom. The summed E-state index contributed by atoms with van der Waals surface area (Å²) >= 11 is 3.43. The van der Waals surface area contributed by atoms with Crippen molar-refractivity contribution in [3.8, 4) is 5.75 Å². The van der Waals surface area contributed by atoms with Crippen molar-refractivity contribution in [2.45, 2.75) is 19.8 Å². The molecule has 0 aliphatic rings. The minimum atomic E-state index is -0.185. The minimum absolute atomic E-state index is 0.185. The Bertz CT molecular complexity index is 1290. The molecule has 1 heterocycles. The zero-order chi connectivity index (χ0) is 20.4. The third-order valence-corrected chi connectivity index (χ3v) is 5.30. The van der Waals surface area contributed by atoms with Crippen molar-refractivity contribution < 1.29 is 4.74 Å². The molecule has 0 N–H and O–H groups in total.